The molecule has 0 aliphatic carbocycles. The topological polar surface area (TPSA) is 62.4 Å². The maximum Gasteiger partial charge on any atom is 0.0644 e. The molecule has 17 heavy (non-hydrogen) atoms. The van der Waals surface area contributed by atoms with Crippen LogP contribution < -0.4 is 5.73 Å². The predicted molar refractivity (Wildman–Crippen MR) is 67.5 cm³/mol. The molecule has 94 valence electrons. The highest BCUT2D eigenvalue weighted by molar-refractivity contribution is 5.15. The Balaban J connectivity index is 2.05. The molecule has 2 rings (SSSR count). The summed E-state index contributed by atoms with van der Waals surface area (Å²) in [6.07, 6.45) is 5.27. The van der Waals surface area contributed by atoms with Crippen molar-refractivity contribution >= 4 is 0 Å². The van der Waals surface area contributed by atoms with Crippen LogP contribution in [0.15, 0.2) is 24.5 Å². The molecule has 4 nitrogen and oxygen atoms in total. The Morgan fingerprint density at radius 1 is 1.53 bits per heavy atom. The van der Waals surface area contributed by atoms with Crippen LogP contribution in [0.4, 0.5) is 0 Å². The molecule has 0 spiro atoms. The zero-order chi connectivity index (χ0) is 12.3. The molecule has 1 saturated heterocycles. The SMILES string of the molecule is CC1(O)CCN(C(CN)c2cccnc2)CC1. The molecule has 0 aromatic carbocycles. The quantitative estimate of drug-likeness (QED) is 0.818. The van der Waals surface area contributed by atoms with Crippen LogP contribution in [0.3, 0.4) is 0 Å². The van der Waals surface area contributed by atoms with Crippen molar-refractivity contribution in [1.29, 1.82) is 0 Å². The van der Waals surface area contributed by atoms with Gasteiger partial charge >= 0.3 is 0 Å². The minimum atomic E-state index is -0.509. The fourth-order valence-electron chi connectivity index (χ4n) is 2.39. The van der Waals surface area contributed by atoms with Gasteiger partial charge in [-0.2, -0.15) is 0 Å². The van der Waals surface area contributed by atoms with Crippen molar-refractivity contribution in [2.45, 2.75) is 31.4 Å². The van der Waals surface area contributed by atoms with Crippen LogP contribution in [0.2, 0.25) is 0 Å². The van der Waals surface area contributed by atoms with Crippen LogP contribution in [0.25, 0.3) is 0 Å². The zero-order valence-corrected chi connectivity index (χ0v) is 10.3. The fourth-order valence-corrected chi connectivity index (χ4v) is 2.39. The monoisotopic (exact) mass is 235 g/mol. The first-order valence-electron chi connectivity index (χ1n) is 6.19. The van der Waals surface area contributed by atoms with Gasteiger partial charge < -0.3 is 10.8 Å². The van der Waals surface area contributed by atoms with E-state index in [2.05, 4.69) is 16.0 Å². The molecule has 3 N–H and O–H groups in total. The van der Waals surface area contributed by atoms with Gasteiger partial charge in [-0.15, -0.1) is 0 Å². The van der Waals surface area contributed by atoms with Gasteiger partial charge in [0.1, 0.15) is 0 Å². The number of aromatic nitrogens is 1. The highest BCUT2D eigenvalue weighted by Gasteiger charge is 2.30. The molecule has 0 bridgehead atoms. The summed E-state index contributed by atoms with van der Waals surface area (Å²) in [6, 6.07) is 4.23. The first kappa shape index (κ1) is 12.5. The summed E-state index contributed by atoms with van der Waals surface area (Å²) in [6.45, 7) is 4.28. The van der Waals surface area contributed by atoms with E-state index in [0.29, 0.717) is 6.54 Å². The summed E-state index contributed by atoms with van der Waals surface area (Å²) in [7, 11) is 0. The Morgan fingerprint density at radius 3 is 2.76 bits per heavy atom. The Kier molecular flexibility index (Phi) is 3.76. The molecule has 1 unspecified atom stereocenters. The standard InChI is InChI=1S/C13H21N3O/c1-13(17)4-7-16(8-5-13)12(9-14)11-3-2-6-15-10-11/h2-3,6,10,12,17H,4-5,7-9,14H2,1H3. The van der Waals surface area contributed by atoms with E-state index in [1.807, 2.05) is 19.2 Å². The van der Waals surface area contributed by atoms with E-state index in [1.165, 1.54) is 0 Å². The molecule has 4 heteroatoms. The summed E-state index contributed by atoms with van der Waals surface area (Å²) in [5.41, 5.74) is 6.53. The van der Waals surface area contributed by atoms with Crippen LogP contribution >= 0.6 is 0 Å². The molecule has 1 aliphatic heterocycles. The van der Waals surface area contributed by atoms with Crippen molar-refractivity contribution in [3.05, 3.63) is 30.1 Å². The molecule has 1 atom stereocenters. The molecular weight excluding hydrogens is 214 g/mol. The molecule has 1 fully saturated rings. The Bertz CT molecular complexity index is 343. The van der Waals surface area contributed by atoms with Crippen LogP contribution in [0, 0.1) is 0 Å². The van der Waals surface area contributed by atoms with Crippen molar-refractivity contribution in [3.63, 3.8) is 0 Å². The number of piperidine rings is 1. The number of pyridine rings is 1. The van der Waals surface area contributed by atoms with Gasteiger partial charge in [-0.3, -0.25) is 9.88 Å². The second-order valence-corrected chi connectivity index (χ2v) is 5.07. The minimum absolute atomic E-state index is 0.222. The Labute approximate surface area is 102 Å². The lowest BCUT2D eigenvalue weighted by Gasteiger charge is -2.39. The Morgan fingerprint density at radius 2 is 2.24 bits per heavy atom. The molecule has 0 radical (unpaired) electrons. The largest absolute Gasteiger partial charge is 0.390 e. The predicted octanol–water partition coefficient (Wildman–Crippen LogP) is 0.928. The normalized spacial score (nSPS) is 22.3. The highest BCUT2D eigenvalue weighted by Crippen LogP contribution is 2.27. The van der Waals surface area contributed by atoms with Crippen molar-refractivity contribution in [3.8, 4) is 0 Å². The number of hydrogen-bond donors (Lipinski definition) is 2. The van der Waals surface area contributed by atoms with E-state index in [9.17, 15) is 5.11 Å². The third-order valence-electron chi connectivity index (χ3n) is 3.61. The van der Waals surface area contributed by atoms with Crippen LogP contribution in [-0.4, -0.2) is 40.2 Å². The van der Waals surface area contributed by atoms with Crippen molar-refractivity contribution < 1.29 is 5.11 Å². The maximum absolute atomic E-state index is 9.95. The van der Waals surface area contributed by atoms with Gasteiger partial charge in [-0.1, -0.05) is 6.07 Å². The number of likely N-dealkylation sites (tertiary alicyclic amines) is 1. The lowest BCUT2D eigenvalue weighted by Crippen LogP contribution is -2.45. The van der Waals surface area contributed by atoms with Gasteiger partial charge in [0.15, 0.2) is 0 Å². The summed E-state index contributed by atoms with van der Waals surface area (Å²) in [4.78, 5) is 6.49. The van der Waals surface area contributed by atoms with Crippen molar-refractivity contribution in [2.24, 2.45) is 5.73 Å². The highest BCUT2D eigenvalue weighted by atomic mass is 16.3. The van der Waals surface area contributed by atoms with Crippen LogP contribution in [-0.2, 0) is 0 Å². The number of rotatable bonds is 3. The Hall–Kier alpha value is -0.970. The average Bonchev–Trinajstić information content (AvgIpc) is 2.33. The van der Waals surface area contributed by atoms with Crippen LogP contribution in [0.5, 0.6) is 0 Å². The van der Waals surface area contributed by atoms with Gasteiger partial charge in [0.25, 0.3) is 0 Å². The van der Waals surface area contributed by atoms with Gasteiger partial charge in [0, 0.05) is 38.1 Å². The number of aliphatic hydroxyl groups is 1. The molecule has 1 aliphatic rings. The number of nitrogens with zero attached hydrogens (tertiary/aromatic N) is 2. The van der Waals surface area contributed by atoms with E-state index in [4.69, 9.17) is 5.73 Å². The molecule has 0 saturated carbocycles. The minimum Gasteiger partial charge on any atom is -0.390 e. The van der Waals surface area contributed by atoms with E-state index in [-0.39, 0.29) is 6.04 Å². The van der Waals surface area contributed by atoms with Gasteiger partial charge in [0.2, 0.25) is 0 Å². The van der Waals surface area contributed by atoms with Crippen molar-refractivity contribution in [2.75, 3.05) is 19.6 Å². The van der Waals surface area contributed by atoms with Gasteiger partial charge in [-0.25, -0.2) is 0 Å². The third kappa shape index (κ3) is 3.03. The first-order valence-corrected chi connectivity index (χ1v) is 6.19. The van der Waals surface area contributed by atoms with E-state index in [1.54, 1.807) is 6.20 Å². The second-order valence-electron chi connectivity index (χ2n) is 5.07. The van der Waals surface area contributed by atoms with Crippen molar-refractivity contribution in [1.82, 2.24) is 9.88 Å². The molecule has 2 heterocycles. The van der Waals surface area contributed by atoms with E-state index >= 15 is 0 Å². The average molecular weight is 235 g/mol. The van der Waals surface area contributed by atoms with Gasteiger partial charge in [-0.05, 0) is 31.4 Å². The number of nitrogens with two attached hydrogens (primary N) is 1. The van der Waals surface area contributed by atoms with Crippen LogP contribution in [0.1, 0.15) is 31.4 Å². The molecule has 1 aromatic heterocycles. The summed E-state index contributed by atoms with van der Waals surface area (Å²) >= 11 is 0. The smallest absolute Gasteiger partial charge is 0.0644 e. The fraction of sp³-hybridized carbons (Fsp3) is 0.615. The molecule has 1 aromatic rings. The second kappa shape index (κ2) is 5.12. The summed E-state index contributed by atoms with van der Waals surface area (Å²) in [5, 5.41) is 9.95. The summed E-state index contributed by atoms with van der Waals surface area (Å²) < 4.78 is 0. The third-order valence-corrected chi connectivity index (χ3v) is 3.61. The van der Waals surface area contributed by atoms with E-state index in [0.717, 1.165) is 31.5 Å². The molecular formula is C13H21N3O. The maximum atomic E-state index is 9.95. The lowest BCUT2D eigenvalue weighted by molar-refractivity contribution is -0.0160. The van der Waals surface area contributed by atoms with Gasteiger partial charge in [0.05, 0.1) is 5.60 Å². The summed E-state index contributed by atoms with van der Waals surface area (Å²) in [5.74, 6) is 0. The van der Waals surface area contributed by atoms with E-state index < -0.39 is 5.60 Å². The lowest BCUT2D eigenvalue weighted by atomic mass is 9.92. The first-order chi connectivity index (χ1) is 8.12. The molecule has 0 amide bonds. The zero-order valence-electron chi connectivity index (χ0n) is 10.3. The number of hydrogen-bond acceptors (Lipinski definition) is 4.